The summed E-state index contributed by atoms with van der Waals surface area (Å²) in [4.78, 5) is 0. The van der Waals surface area contributed by atoms with Gasteiger partial charge < -0.3 is 57.8 Å². The first-order valence-electron chi connectivity index (χ1n) is 21.6. The average molecular weight is 1070 g/mol. The normalized spacial score (nSPS) is 22.4. The predicted molar refractivity (Wildman–Crippen MR) is 267 cm³/mol. The van der Waals surface area contributed by atoms with E-state index in [1.165, 1.54) is 23.8 Å². The molecule has 0 aliphatic carbocycles. The van der Waals surface area contributed by atoms with Crippen LogP contribution in [0.2, 0.25) is 0 Å². The van der Waals surface area contributed by atoms with Crippen LogP contribution in [0.1, 0.15) is 105 Å². The van der Waals surface area contributed by atoms with E-state index in [1.54, 1.807) is 30.3 Å². The molecule has 3 heterocycles. The van der Waals surface area contributed by atoms with Gasteiger partial charge in [0.25, 0.3) is 0 Å². The molecule has 6 aromatic rings. The number of aromatic hydroxyl groups is 4. The fraction of sp³-hybridized carbons (Fsp3) is 0.280. The van der Waals surface area contributed by atoms with Crippen molar-refractivity contribution in [3.05, 3.63) is 140 Å². The van der Waals surface area contributed by atoms with Crippen molar-refractivity contribution in [2.75, 3.05) is 0 Å². The summed E-state index contributed by atoms with van der Waals surface area (Å²) in [7, 11) is 15.5. The molecule has 0 bridgehead atoms. The Morgan fingerprint density at radius 3 is 1.84 bits per heavy atom. The Bertz CT molecular complexity index is 2940. The Morgan fingerprint density at radius 2 is 1.18 bits per heavy atom. The van der Waals surface area contributed by atoms with Crippen LogP contribution in [0.4, 0.5) is 0 Å². The minimum Gasteiger partial charge on any atom is -0.543 e. The molecule has 68 heavy (non-hydrogen) atoms. The van der Waals surface area contributed by atoms with Crippen molar-refractivity contribution in [3.8, 4) is 63.2 Å². The van der Waals surface area contributed by atoms with Gasteiger partial charge in [-0.25, -0.2) is 0 Å². The second-order valence-electron chi connectivity index (χ2n) is 17.7. The van der Waals surface area contributed by atoms with Crippen molar-refractivity contribution in [2.24, 2.45) is 11.8 Å². The molecular formula is C50H50BMoO12P4-. The van der Waals surface area contributed by atoms with Crippen LogP contribution in [0.5, 0.6) is 63.2 Å². The zero-order valence-electron chi connectivity index (χ0n) is 37.6. The summed E-state index contributed by atoms with van der Waals surface area (Å²) < 4.78 is 43.3. The standard InChI is InChI=1S/C50H50BO12P4.Mo/c1-20-6-8-25(14-22(20)3)45-23(4)15-29-21(2)7-11-28(48(29)57-45)38-24(5)46(26-9-12-30(52)31(53)16-26)58-49-39(38)32(54)18-33(55)40(49)42-41-36(62-66)19-37(63-67)43(51)50(41)59-47(44(42)56)27-10-13-34(60-64)35(17-27)61-65;/h6-10,12-14,16-19,23-24,38,42,44-47,52-56H,15,64-67H2,1-5H3;/q-1;. The number of fused-ring (bicyclic) bond motifs is 3. The molecule has 9 rings (SSSR count). The van der Waals surface area contributed by atoms with Crippen LogP contribution in [-0.2, 0) is 27.5 Å². The minimum atomic E-state index is -1.51. The molecule has 0 amide bonds. The topological polar surface area (TPSA) is 166 Å². The third kappa shape index (κ3) is 8.44. The van der Waals surface area contributed by atoms with E-state index in [4.69, 9.17) is 40.2 Å². The third-order valence-corrected chi connectivity index (χ3v) is 14.7. The van der Waals surface area contributed by atoms with Crippen LogP contribution < -0.4 is 37.8 Å². The Hall–Kier alpha value is -4.45. The molecule has 0 spiro atoms. The number of rotatable bonds is 9. The number of aliphatic hydroxyl groups is 1. The summed E-state index contributed by atoms with van der Waals surface area (Å²) in [5.41, 5.74) is 7.67. The van der Waals surface area contributed by atoms with Gasteiger partial charge in [0.15, 0.2) is 29.1 Å². The summed E-state index contributed by atoms with van der Waals surface area (Å²) in [5.74, 6) is -1.91. The maximum atomic E-state index is 12.9. The SMILES string of the molecule is [B]c1c(OP)cc(OP)c2c1OC(c1ccc(OP)c(OP)c1)C(O)C2c1c(O)cc(O)c2c1OC(c1ccc(O)c(O)c1)C(C)C2c1[c-]cc(C)c2c1OC(c1ccc(C)c(C)c1)C(C)C2.[Mo]. The van der Waals surface area contributed by atoms with Gasteiger partial charge in [-0.1, -0.05) is 51.1 Å². The maximum absolute atomic E-state index is 12.9. The molecular weight excluding hydrogens is 1020 g/mol. The zero-order valence-corrected chi connectivity index (χ0v) is 44.3. The monoisotopic (exact) mass is 1080 g/mol. The van der Waals surface area contributed by atoms with Crippen molar-refractivity contribution >= 4 is 51.2 Å². The van der Waals surface area contributed by atoms with E-state index >= 15 is 0 Å². The largest absolute Gasteiger partial charge is 0.543 e. The van der Waals surface area contributed by atoms with Crippen molar-refractivity contribution in [3.63, 3.8) is 0 Å². The van der Waals surface area contributed by atoms with E-state index in [-0.39, 0.29) is 89.9 Å². The van der Waals surface area contributed by atoms with E-state index in [1.807, 2.05) is 19.9 Å². The zero-order chi connectivity index (χ0) is 47.7. The first-order valence-corrected chi connectivity index (χ1v) is 23.5. The summed E-state index contributed by atoms with van der Waals surface area (Å²) in [6, 6.07) is 24.1. The van der Waals surface area contributed by atoms with E-state index in [0.717, 1.165) is 22.3 Å². The van der Waals surface area contributed by atoms with Gasteiger partial charge in [-0.05, 0) is 83.7 Å². The number of hydrogen-bond donors (Lipinski definition) is 5. The van der Waals surface area contributed by atoms with Crippen molar-refractivity contribution in [1.82, 2.24) is 0 Å². The number of benzene rings is 6. The first-order chi connectivity index (χ1) is 32.1. The number of aryl methyl sites for hydroxylation is 3. The predicted octanol–water partition coefficient (Wildman–Crippen LogP) is 9.54. The molecule has 12 unspecified atom stereocenters. The van der Waals surface area contributed by atoms with Gasteiger partial charge in [0, 0.05) is 67.5 Å². The first kappa shape index (κ1) is 50.0. The fourth-order valence-electron chi connectivity index (χ4n) is 10.1. The molecule has 12 nitrogen and oxygen atoms in total. The molecule has 3 aliphatic heterocycles. The van der Waals surface area contributed by atoms with E-state index in [9.17, 15) is 25.5 Å². The number of phenolic OH excluding ortho intramolecular Hbond substituents is 4. The third-order valence-electron chi connectivity index (χ3n) is 13.7. The maximum Gasteiger partial charge on any atom is 0.165 e. The Balaban J connectivity index is 0.00000625. The minimum absolute atomic E-state index is 0. The molecule has 12 atom stereocenters. The molecule has 0 aromatic heterocycles. The van der Waals surface area contributed by atoms with Crippen LogP contribution >= 0.6 is 37.9 Å². The number of aliphatic hydroxyl groups excluding tert-OH is 1. The van der Waals surface area contributed by atoms with Crippen LogP contribution in [0.15, 0.2) is 72.8 Å². The quantitative estimate of drug-likeness (QED) is 0.0404. The number of hydrogen-bond acceptors (Lipinski definition) is 12. The van der Waals surface area contributed by atoms with Crippen LogP contribution in [0.3, 0.4) is 0 Å². The molecule has 5 N–H and O–H groups in total. The van der Waals surface area contributed by atoms with Gasteiger partial charge in [0.1, 0.15) is 60.7 Å². The van der Waals surface area contributed by atoms with Gasteiger partial charge in [-0.15, -0.1) is 11.1 Å². The molecule has 352 valence electrons. The Kier molecular flexibility index (Phi) is 14.5. The van der Waals surface area contributed by atoms with Gasteiger partial charge in [0.05, 0.1) is 43.8 Å². The molecule has 18 heteroatoms. The van der Waals surface area contributed by atoms with Crippen molar-refractivity contribution < 1.29 is 78.9 Å². The van der Waals surface area contributed by atoms with E-state index in [2.05, 4.69) is 82.9 Å². The van der Waals surface area contributed by atoms with E-state index < -0.39 is 41.8 Å². The smallest absolute Gasteiger partial charge is 0.165 e. The molecule has 6 aromatic carbocycles. The van der Waals surface area contributed by atoms with Crippen molar-refractivity contribution in [2.45, 2.75) is 77.3 Å². The Morgan fingerprint density at radius 1 is 0.574 bits per heavy atom. The number of ether oxygens (including phenoxy) is 3. The van der Waals surface area contributed by atoms with Gasteiger partial charge in [-0.3, -0.25) is 0 Å². The van der Waals surface area contributed by atoms with Crippen molar-refractivity contribution in [1.29, 1.82) is 0 Å². The molecule has 0 fully saturated rings. The van der Waals surface area contributed by atoms with Gasteiger partial charge >= 0.3 is 0 Å². The molecule has 0 saturated heterocycles. The number of phenols is 4. The molecule has 2 radical (unpaired) electrons. The van der Waals surface area contributed by atoms with E-state index in [0.29, 0.717) is 45.9 Å². The summed E-state index contributed by atoms with van der Waals surface area (Å²) in [6.07, 6.45) is -3.18. The van der Waals surface area contributed by atoms with Crippen LogP contribution in [0.25, 0.3) is 0 Å². The molecule has 0 saturated carbocycles. The van der Waals surface area contributed by atoms with Gasteiger partial charge in [-0.2, -0.15) is 17.7 Å². The summed E-state index contributed by atoms with van der Waals surface area (Å²) in [5, 5.41) is 58.9. The summed E-state index contributed by atoms with van der Waals surface area (Å²) >= 11 is 0. The van der Waals surface area contributed by atoms with Crippen LogP contribution in [-0.4, -0.2) is 39.5 Å². The van der Waals surface area contributed by atoms with Gasteiger partial charge in [0.2, 0.25) is 0 Å². The van der Waals surface area contributed by atoms with Crippen LogP contribution in [0, 0.1) is 38.7 Å². The molecule has 3 aliphatic rings. The average Bonchev–Trinajstić information content (AvgIpc) is 3.31. The Labute approximate surface area is 420 Å². The summed E-state index contributed by atoms with van der Waals surface area (Å²) in [6.45, 7) is 10.3. The second kappa shape index (κ2) is 19.7. The second-order valence-corrected chi connectivity index (χ2v) is 18.6. The fourth-order valence-corrected chi connectivity index (χ4v) is 10.9.